The topological polar surface area (TPSA) is 65.0 Å². The molecule has 1 aliphatic rings. The maximum atomic E-state index is 11.7. The fourth-order valence-electron chi connectivity index (χ4n) is 1.60. The molecule has 0 saturated heterocycles. The largest absolute Gasteiger partial charge is 0.356 e. The smallest absolute Gasteiger partial charge is 0.261 e. The number of nitrogens with zero attached hydrogens (tertiary/aromatic N) is 1. The zero-order valence-corrected chi connectivity index (χ0v) is 7.69. The van der Waals surface area contributed by atoms with E-state index in [0.29, 0.717) is 24.2 Å². The Kier molecular flexibility index (Phi) is 2.05. The summed E-state index contributed by atoms with van der Waals surface area (Å²) < 4.78 is 0. The third-order valence-electron chi connectivity index (χ3n) is 2.26. The van der Waals surface area contributed by atoms with E-state index in [1.54, 1.807) is 24.3 Å². The van der Waals surface area contributed by atoms with Crippen LogP contribution in [-0.2, 0) is 0 Å². The van der Waals surface area contributed by atoms with E-state index >= 15 is 0 Å². The van der Waals surface area contributed by atoms with Crippen LogP contribution in [0.5, 0.6) is 0 Å². The van der Waals surface area contributed by atoms with Gasteiger partial charge in [-0.05, 0) is 12.1 Å². The lowest BCUT2D eigenvalue weighted by Gasteiger charge is -2.09. The summed E-state index contributed by atoms with van der Waals surface area (Å²) in [4.78, 5) is 24.6. The van der Waals surface area contributed by atoms with Crippen LogP contribution in [-0.4, -0.2) is 29.8 Å². The summed E-state index contributed by atoms with van der Waals surface area (Å²) in [6.07, 6.45) is 0. The van der Waals surface area contributed by atoms with Gasteiger partial charge in [-0.25, -0.2) is 0 Å². The van der Waals surface area contributed by atoms with Crippen molar-refractivity contribution in [1.29, 1.82) is 0 Å². The predicted molar refractivity (Wildman–Crippen MR) is 49.6 cm³/mol. The Morgan fingerprint density at radius 3 is 2.00 bits per heavy atom. The van der Waals surface area contributed by atoms with Crippen LogP contribution in [0.1, 0.15) is 20.7 Å². The van der Waals surface area contributed by atoms with Crippen molar-refractivity contribution >= 4 is 11.8 Å². The summed E-state index contributed by atoms with van der Waals surface area (Å²) in [7, 11) is 0. The molecule has 2 amide bonds. The van der Waals surface area contributed by atoms with Gasteiger partial charge in [0.2, 0.25) is 0 Å². The van der Waals surface area contributed by atoms with Gasteiger partial charge in [0.25, 0.3) is 11.8 Å². The first-order chi connectivity index (χ1) is 6.75. The Morgan fingerprint density at radius 1 is 1.07 bits per heavy atom. The van der Waals surface area contributed by atoms with Gasteiger partial charge in [0.05, 0.1) is 24.2 Å². The number of quaternary nitrogens is 1. The van der Waals surface area contributed by atoms with Gasteiger partial charge in [-0.1, -0.05) is 12.1 Å². The Labute approximate surface area is 81.3 Å². The standard InChI is InChI=1S/C10H10N2O2/c11-5-6-12-9(13)7-3-1-2-4-8(7)10(12)14/h1-4H,5-6,11H2/p+1. The van der Waals surface area contributed by atoms with Crippen LogP contribution in [0.25, 0.3) is 0 Å². The second-order valence-corrected chi connectivity index (χ2v) is 3.16. The molecule has 0 saturated carbocycles. The van der Waals surface area contributed by atoms with Crippen LogP contribution >= 0.6 is 0 Å². The fraction of sp³-hybridized carbons (Fsp3) is 0.200. The number of benzene rings is 1. The zero-order chi connectivity index (χ0) is 10.1. The van der Waals surface area contributed by atoms with E-state index in [0.717, 1.165) is 0 Å². The molecular weight excluding hydrogens is 180 g/mol. The Bertz CT molecular complexity index is 366. The lowest BCUT2D eigenvalue weighted by atomic mass is 10.1. The number of amides is 2. The van der Waals surface area contributed by atoms with Crippen molar-refractivity contribution in [2.24, 2.45) is 0 Å². The second-order valence-electron chi connectivity index (χ2n) is 3.16. The van der Waals surface area contributed by atoms with Crippen molar-refractivity contribution in [3.63, 3.8) is 0 Å². The van der Waals surface area contributed by atoms with Gasteiger partial charge in [0, 0.05) is 0 Å². The molecule has 1 heterocycles. The lowest BCUT2D eigenvalue weighted by Crippen LogP contribution is -2.55. The summed E-state index contributed by atoms with van der Waals surface area (Å²) in [6.45, 7) is 0.942. The highest BCUT2D eigenvalue weighted by Crippen LogP contribution is 2.21. The van der Waals surface area contributed by atoms with Gasteiger partial charge in [0.15, 0.2) is 0 Å². The first kappa shape index (κ1) is 8.90. The van der Waals surface area contributed by atoms with Crippen LogP contribution in [0, 0.1) is 0 Å². The van der Waals surface area contributed by atoms with Crippen LogP contribution in [0.4, 0.5) is 0 Å². The first-order valence-corrected chi connectivity index (χ1v) is 4.50. The van der Waals surface area contributed by atoms with Crippen molar-refractivity contribution in [1.82, 2.24) is 4.90 Å². The average Bonchev–Trinajstić information content (AvgIpc) is 2.45. The lowest BCUT2D eigenvalue weighted by molar-refractivity contribution is -0.367. The minimum Gasteiger partial charge on any atom is -0.356 e. The summed E-state index contributed by atoms with van der Waals surface area (Å²) >= 11 is 0. The van der Waals surface area contributed by atoms with E-state index in [9.17, 15) is 9.59 Å². The van der Waals surface area contributed by atoms with Crippen LogP contribution < -0.4 is 5.73 Å². The minimum atomic E-state index is -0.200. The van der Waals surface area contributed by atoms with Crippen LogP contribution in [0.15, 0.2) is 24.3 Å². The molecule has 0 aliphatic carbocycles. The summed E-state index contributed by atoms with van der Waals surface area (Å²) in [5, 5.41) is 0. The summed E-state index contributed by atoms with van der Waals surface area (Å²) in [5.74, 6) is -0.400. The molecule has 4 nitrogen and oxygen atoms in total. The summed E-state index contributed by atoms with van der Waals surface area (Å²) in [5.41, 5.74) is 4.65. The van der Waals surface area contributed by atoms with Crippen molar-refractivity contribution in [2.75, 3.05) is 13.1 Å². The van der Waals surface area contributed by atoms with E-state index in [4.69, 9.17) is 0 Å². The molecule has 0 bridgehead atoms. The summed E-state index contributed by atoms with van der Waals surface area (Å²) in [6, 6.07) is 6.88. The van der Waals surface area contributed by atoms with E-state index in [2.05, 4.69) is 5.73 Å². The minimum absolute atomic E-state index is 0.200. The maximum absolute atomic E-state index is 11.7. The molecule has 1 aromatic carbocycles. The van der Waals surface area contributed by atoms with Crippen molar-refractivity contribution in [3.8, 4) is 0 Å². The van der Waals surface area contributed by atoms with Gasteiger partial charge < -0.3 is 5.73 Å². The van der Waals surface area contributed by atoms with Gasteiger partial charge in [-0.2, -0.15) is 0 Å². The molecule has 4 heteroatoms. The number of carbonyl (C=O) groups excluding carboxylic acids is 2. The Balaban J connectivity index is 2.43. The molecule has 1 aromatic rings. The van der Waals surface area contributed by atoms with E-state index in [1.807, 2.05) is 0 Å². The fourth-order valence-corrected chi connectivity index (χ4v) is 1.60. The van der Waals surface area contributed by atoms with Crippen molar-refractivity contribution < 1.29 is 15.3 Å². The number of carbonyl (C=O) groups is 2. The normalized spacial score (nSPS) is 14.8. The van der Waals surface area contributed by atoms with E-state index in [1.165, 1.54) is 4.90 Å². The highest BCUT2D eigenvalue weighted by atomic mass is 16.2. The highest BCUT2D eigenvalue weighted by molar-refractivity contribution is 6.21. The molecule has 3 N–H and O–H groups in total. The number of imide groups is 1. The number of hydrogen-bond donors (Lipinski definition) is 1. The SMILES string of the molecule is [NH3+]CCN1C(=O)c2ccccc2C1=O. The molecular formula is C10H11N2O2+. The maximum Gasteiger partial charge on any atom is 0.261 e. The molecule has 0 spiro atoms. The second kappa shape index (κ2) is 3.23. The molecule has 2 rings (SSSR count). The molecule has 0 aromatic heterocycles. The van der Waals surface area contributed by atoms with Gasteiger partial charge in [0.1, 0.15) is 0 Å². The quantitative estimate of drug-likeness (QED) is 0.642. The molecule has 72 valence electrons. The zero-order valence-electron chi connectivity index (χ0n) is 7.69. The van der Waals surface area contributed by atoms with E-state index in [-0.39, 0.29) is 11.8 Å². The van der Waals surface area contributed by atoms with Crippen LogP contribution in [0.3, 0.4) is 0 Å². The Hall–Kier alpha value is -1.68. The molecule has 0 fully saturated rings. The van der Waals surface area contributed by atoms with Crippen LogP contribution in [0.2, 0.25) is 0 Å². The number of hydrogen-bond acceptors (Lipinski definition) is 2. The molecule has 1 aliphatic heterocycles. The predicted octanol–water partition coefficient (Wildman–Crippen LogP) is -0.475. The molecule has 0 unspecified atom stereocenters. The van der Waals surface area contributed by atoms with Gasteiger partial charge >= 0.3 is 0 Å². The van der Waals surface area contributed by atoms with E-state index < -0.39 is 0 Å². The third-order valence-corrected chi connectivity index (χ3v) is 2.26. The Morgan fingerprint density at radius 2 is 1.57 bits per heavy atom. The molecule has 0 atom stereocenters. The van der Waals surface area contributed by atoms with Crippen molar-refractivity contribution in [2.45, 2.75) is 0 Å². The van der Waals surface area contributed by atoms with Gasteiger partial charge in [-0.15, -0.1) is 0 Å². The number of fused-ring (bicyclic) bond motifs is 1. The first-order valence-electron chi connectivity index (χ1n) is 4.50. The van der Waals surface area contributed by atoms with Crippen molar-refractivity contribution in [3.05, 3.63) is 35.4 Å². The molecule has 0 radical (unpaired) electrons. The highest BCUT2D eigenvalue weighted by Gasteiger charge is 2.34. The average molecular weight is 191 g/mol. The van der Waals surface area contributed by atoms with Gasteiger partial charge in [-0.3, -0.25) is 14.5 Å². The third kappa shape index (κ3) is 1.12. The molecule has 14 heavy (non-hydrogen) atoms. The number of rotatable bonds is 2. The monoisotopic (exact) mass is 191 g/mol.